The van der Waals surface area contributed by atoms with Gasteiger partial charge in [-0.2, -0.15) is 0 Å². The Balaban J connectivity index is 1.74. The molecule has 0 bridgehead atoms. The molecule has 0 aromatic heterocycles. The van der Waals surface area contributed by atoms with Crippen LogP contribution >= 0.6 is 0 Å². The van der Waals surface area contributed by atoms with Crippen LogP contribution < -0.4 is 20.1 Å². The highest BCUT2D eigenvalue weighted by Gasteiger charge is 2.20. The second kappa shape index (κ2) is 8.88. The minimum absolute atomic E-state index is 0.0363. The third-order valence-corrected chi connectivity index (χ3v) is 4.82. The second-order valence-electron chi connectivity index (χ2n) is 6.67. The van der Waals surface area contributed by atoms with Crippen molar-refractivity contribution in [1.82, 2.24) is 10.2 Å². The van der Waals surface area contributed by atoms with E-state index >= 15 is 0 Å². The molecule has 0 spiro atoms. The van der Waals surface area contributed by atoms with Crippen molar-refractivity contribution >= 4 is 11.6 Å². The first kappa shape index (κ1) is 19.2. The number of nitrogens with zero attached hydrogens (tertiary/aromatic N) is 1. The van der Waals surface area contributed by atoms with Crippen LogP contribution in [0.4, 0.5) is 5.69 Å². The number of carbonyl (C=O) groups is 1. The highest BCUT2D eigenvalue weighted by molar-refractivity contribution is 5.92. The number of methoxy groups -OCH3 is 2. The minimum Gasteiger partial charge on any atom is -0.493 e. The monoisotopic (exact) mass is 369 g/mol. The standard InChI is InChI=1S/C21H27N3O3/c1-22-12-21(25)23-18-7-5-4-6-16(18)13-24-9-8-15-10-19(26-2)20(27-3)11-17(15)14-24/h4-7,10-11,22H,8-9,12-14H2,1-3H3,(H,23,25). The number of carbonyl (C=O) groups excluding carboxylic acids is 1. The van der Waals surface area contributed by atoms with Gasteiger partial charge in [0.15, 0.2) is 11.5 Å². The van der Waals surface area contributed by atoms with E-state index < -0.39 is 0 Å². The van der Waals surface area contributed by atoms with E-state index in [-0.39, 0.29) is 5.91 Å². The molecule has 0 unspecified atom stereocenters. The number of ether oxygens (including phenoxy) is 2. The summed E-state index contributed by atoms with van der Waals surface area (Å²) in [5.41, 5.74) is 4.55. The molecule has 2 N–H and O–H groups in total. The first-order chi connectivity index (χ1) is 13.1. The quantitative estimate of drug-likeness (QED) is 0.785. The molecule has 0 atom stereocenters. The average molecular weight is 369 g/mol. The Bertz CT molecular complexity index is 807. The third kappa shape index (κ3) is 4.59. The molecular weight excluding hydrogens is 342 g/mol. The molecule has 0 radical (unpaired) electrons. The molecule has 6 heteroatoms. The number of benzene rings is 2. The smallest absolute Gasteiger partial charge is 0.238 e. The van der Waals surface area contributed by atoms with E-state index in [0.717, 1.165) is 48.8 Å². The molecule has 1 heterocycles. The van der Waals surface area contributed by atoms with Gasteiger partial charge < -0.3 is 20.1 Å². The lowest BCUT2D eigenvalue weighted by Gasteiger charge is -2.30. The number of likely N-dealkylation sites (N-methyl/N-ethyl adjacent to an activating group) is 1. The van der Waals surface area contributed by atoms with Gasteiger partial charge >= 0.3 is 0 Å². The zero-order valence-electron chi connectivity index (χ0n) is 16.2. The Morgan fingerprint density at radius 2 is 1.81 bits per heavy atom. The normalized spacial score (nSPS) is 13.7. The Labute approximate surface area is 160 Å². The van der Waals surface area contributed by atoms with Crippen LogP contribution in [-0.4, -0.2) is 45.2 Å². The van der Waals surface area contributed by atoms with Crippen molar-refractivity contribution in [3.8, 4) is 11.5 Å². The van der Waals surface area contributed by atoms with Crippen LogP contribution in [0.15, 0.2) is 36.4 Å². The fraction of sp³-hybridized carbons (Fsp3) is 0.381. The van der Waals surface area contributed by atoms with Crippen LogP contribution in [0, 0.1) is 0 Å². The van der Waals surface area contributed by atoms with Gasteiger partial charge in [0.25, 0.3) is 0 Å². The Kier molecular flexibility index (Phi) is 6.32. The molecule has 6 nitrogen and oxygen atoms in total. The Hall–Kier alpha value is -2.57. The van der Waals surface area contributed by atoms with Crippen molar-refractivity contribution in [1.29, 1.82) is 0 Å². The highest BCUT2D eigenvalue weighted by Crippen LogP contribution is 2.33. The maximum atomic E-state index is 11.9. The lowest BCUT2D eigenvalue weighted by atomic mass is 9.98. The molecule has 1 aliphatic rings. The fourth-order valence-corrected chi connectivity index (χ4v) is 3.45. The molecule has 0 saturated heterocycles. The summed E-state index contributed by atoms with van der Waals surface area (Å²) in [6.07, 6.45) is 0.962. The van der Waals surface area contributed by atoms with Gasteiger partial charge in [-0.15, -0.1) is 0 Å². The van der Waals surface area contributed by atoms with Crippen molar-refractivity contribution in [3.05, 3.63) is 53.1 Å². The van der Waals surface area contributed by atoms with E-state index in [1.54, 1.807) is 21.3 Å². The molecular formula is C21H27N3O3. The molecule has 1 aliphatic heterocycles. The summed E-state index contributed by atoms with van der Waals surface area (Å²) in [5.74, 6) is 1.51. The maximum absolute atomic E-state index is 11.9. The van der Waals surface area contributed by atoms with Crippen LogP contribution in [0.5, 0.6) is 11.5 Å². The average Bonchev–Trinajstić information content (AvgIpc) is 2.68. The van der Waals surface area contributed by atoms with Crippen LogP contribution in [0.1, 0.15) is 16.7 Å². The van der Waals surface area contributed by atoms with E-state index in [0.29, 0.717) is 6.54 Å². The fourth-order valence-electron chi connectivity index (χ4n) is 3.45. The minimum atomic E-state index is -0.0363. The summed E-state index contributed by atoms with van der Waals surface area (Å²) < 4.78 is 10.9. The number of nitrogens with one attached hydrogen (secondary N) is 2. The molecule has 1 amide bonds. The molecule has 0 saturated carbocycles. The van der Waals surface area contributed by atoms with Gasteiger partial charge in [-0.25, -0.2) is 0 Å². The zero-order valence-corrected chi connectivity index (χ0v) is 16.2. The van der Waals surface area contributed by atoms with Crippen LogP contribution in [-0.2, 0) is 24.3 Å². The number of rotatable bonds is 7. The summed E-state index contributed by atoms with van der Waals surface area (Å²) >= 11 is 0. The van der Waals surface area contributed by atoms with E-state index in [9.17, 15) is 4.79 Å². The molecule has 3 rings (SSSR count). The maximum Gasteiger partial charge on any atom is 0.238 e. The van der Waals surface area contributed by atoms with E-state index in [4.69, 9.17) is 9.47 Å². The largest absolute Gasteiger partial charge is 0.493 e. The van der Waals surface area contributed by atoms with Crippen LogP contribution in [0.25, 0.3) is 0 Å². The summed E-state index contributed by atoms with van der Waals surface area (Å²) in [7, 11) is 5.09. The summed E-state index contributed by atoms with van der Waals surface area (Å²) in [6.45, 7) is 2.88. The first-order valence-electron chi connectivity index (χ1n) is 9.13. The van der Waals surface area contributed by atoms with Crippen LogP contribution in [0.3, 0.4) is 0 Å². The van der Waals surface area contributed by atoms with Crippen molar-refractivity contribution in [2.24, 2.45) is 0 Å². The SMILES string of the molecule is CNCC(=O)Nc1ccccc1CN1CCc2cc(OC)c(OC)cc2C1. The number of para-hydroxylation sites is 1. The number of anilines is 1. The number of hydrogen-bond donors (Lipinski definition) is 2. The van der Waals surface area contributed by atoms with Gasteiger partial charge in [-0.1, -0.05) is 18.2 Å². The number of amides is 1. The van der Waals surface area contributed by atoms with Crippen molar-refractivity contribution in [2.45, 2.75) is 19.5 Å². The predicted octanol–water partition coefficient (Wildman–Crippen LogP) is 2.42. The highest BCUT2D eigenvalue weighted by atomic mass is 16.5. The third-order valence-electron chi connectivity index (χ3n) is 4.82. The van der Waals surface area contributed by atoms with Gasteiger partial charge in [0.05, 0.1) is 20.8 Å². The second-order valence-corrected chi connectivity index (χ2v) is 6.67. The zero-order chi connectivity index (χ0) is 19.2. The van der Waals surface area contributed by atoms with E-state index in [2.05, 4.69) is 33.7 Å². The molecule has 144 valence electrons. The summed E-state index contributed by atoms with van der Waals surface area (Å²) in [5, 5.41) is 5.86. The number of hydrogen-bond acceptors (Lipinski definition) is 5. The van der Waals surface area contributed by atoms with E-state index in [1.807, 2.05) is 18.2 Å². The van der Waals surface area contributed by atoms with Gasteiger partial charge in [0, 0.05) is 25.3 Å². The summed E-state index contributed by atoms with van der Waals surface area (Å²) in [4.78, 5) is 14.3. The molecule has 27 heavy (non-hydrogen) atoms. The lowest BCUT2D eigenvalue weighted by molar-refractivity contribution is -0.115. The Morgan fingerprint density at radius 1 is 1.11 bits per heavy atom. The van der Waals surface area contributed by atoms with Crippen molar-refractivity contribution < 1.29 is 14.3 Å². The van der Waals surface area contributed by atoms with Gasteiger partial charge in [-0.05, 0) is 48.4 Å². The van der Waals surface area contributed by atoms with Crippen LogP contribution in [0.2, 0.25) is 0 Å². The van der Waals surface area contributed by atoms with Crippen molar-refractivity contribution in [2.75, 3.05) is 39.7 Å². The first-order valence-corrected chi connectivity index (χ1v) is 9.13. The summed E-state index contributed by atoms with van der Waals surface area (Å²) in [6, 6.07) is 12.1. The van der Waals surface area contributed by atoms with Gasteiger partial charge in [0.1, 0.15) is 0 Å². The van der Waals surface area contributed by atoms with Crippen molar-refractivity contribution in [3.63, 3.8) is 0 Å². The molecule has 2 aromatic carbocycles. The lowest BCUT2D eigenvalue weighted by Crippen LogP contribution is -2.31. The van der Waals surface area contributed by atoms with Gasteiger partial charge in [-0.3, -0.25) is 9.69 Å². The van der Waals surface area contributed by atoms with Gasteiger partial charge in [0.2, 0.25) is 5.91 Å². The van der Waals surface area contributed by atoms with E-state index in [1.165, 1.54) is 11.1 Å². The molecule has 0 fully saturated rings. The topological polar surface area (TPSA) is 62.8 Å². The number of fused-ring (bicyclic) bond motifs is 1. The Morgan fingerprint density at radius 3 is 2.52 bits per heavy atom. The molecule has 0 aliphatic carbocycles. The predicted molar refractivity (Wildman–Crippen MR) is 106 cm³/mol. The molecule has 2 aromatic rings.